The molecule has 0 amide bonds. The number of halogens is 1. The first kappa shape index (κ1) is 17.0. The molecule has 3 nitrogen and oxygen atoms in total. The van der Waals surface area contributed by atoms with Crippen LogP contribution in [0.4, 0.5) is 5.69 Å². The molecule has 3 rings (SSSR count). The van der Waals surface area contributed by atoms with E-state index in [1.807, 2.05) is 61.5 Å². The summed E-state index contributed by atoms with van der Waals surface area (Å²) in [6.45, 7) is 2.31. The first-order valence-electron chi connectivity index (χ1n) is 7.67. The lowest BCUT2D eigenvalue weighted by Crippen LogP contribution is -2.32. The zero-order chi connectivity index (χ0) is 17.2. The summed E-state index contributed by atoms with van der Waals surface area (Å²) in [5, 5.41) is 2.51. The van der Waals surface area contributed by atoms with Gasteiger partial charge in [-0.3, -0.25) is 4.31 Å². The Hall–Kier alpha value is -1.85. The quantitative estimate of drug-likeness (QED) is 0.576. The Balaban J connectivity index is 2.17. The van der Waals surface area contributed by atoms with Gasteiger partial charge < -0.3 is 0 Å². The average Bonchev–Trinajstić information content (AvgIpc) is 2.59. The van der Waals surface area contributed by atoms with Crippen LogP contribution in [-0.4, -0.2) is 20.3 Å². The molecule has 0 bridgehead atoms. The van der Waals surface area contributed by atoms with Crippen molar-refractivity contribution in [3.05, 3.63) is 72.3 Å². The van der Waals surface area contributed by atoms with Gasteiger partial charge in [0.2, 0.25) is 0 Å². The van der Waals surface area contributed by atoms with Crippen molar-refractivity contribution in [2.24, 2.45) is 0 Å². The lowest BCUT2D eigenvalue weighted by Gasteiger charge is -2.25. The van der Waals surface area contributed by atoms with E-state index >= 15 is 0 Å². The maximum Gasteiger partial charge on any atom is 0.264 e. The number of sulfonamides is 1. The van der Waals surface area contributed by atoms with Gasteiger partial charge in [-0.25, -0.2) is 8.42 Å². The first-order chi connectivity index (χ1) is 11.5. The third-order valence-corrected chi connectivity index (χ3v) is 6.11. The Morgan fingerprint density at radius 2 is 1.58 bits per heavy atom. The van der Waals surface area contributed by atoms with Crippen LogP contribution in [-0.2, 0) is 10.0 Å². The minimum atomic E-state index is -3.62. The van der Waals surface area contributed by atoms with Crippen molar-refractivity contribution in [2.45, 2.75) is 11.8 Å². The van der Waals surface area contributed by atoms with Gasteiger partial charge in [-0.15, -0.1) is 0 Å². The van der Waals surface area contributed by atoms with Crippen LogP contribution < -0.4 is 4.31 Å². The number of rotatable bonds is 5. The van der Waals surface area contributed by atoms with E-state index in [9.17, 15) is 8.42 Å². The van der Waals surface area contributed by atoms with Crippen LogP contribution in [0.15, 0.2) is 71.6 Å². The van der Waals surface area contributed by atoms with E-state index in [1.54, 1.807) is 12.1 Å². The molecule has 5 heteroatoms. The lowest BCUT2D eigenvalue weighted by molar-refractivity contribution is 0.592. The summed E-state index contributed by atoms with van der Waals surface area (Å²) in [7, 11) is -3.62. The molecular formula is C19H18BrNO2S. The van der Waals surface area contributed by atoms with E-state index in [0.29, 0.717) is 22.5 Å². The van der Waals surface area contributed by atoms with Gasteiger partial charge in [0.25, 0.3) is 10.0 Å². The van der Waals surface area contributed by atoms with E-state index in [-0.39, 0.29) is 0 Å². The molecule has 0 spiro atoms. The van der Waals surface area contributed by atoms with E-state index < -0.39 is 10.0 Å². The zero-order valence-electron chi connectivity index (χ0n) is 13.3. The van der Waals surface area contributed by atoms with Crippen LogP contribution in [0.25, 0.3) is 10.8 Å². The standard InChI is InChI=1S/C19H18BrNO2S/c1-15-9-11-17(12-10-15)24(22,23)21(14-13-20)19-8-4-6-16-5-2-3-7-18(16)19/h2-12H,13-14H2,1H3. The number of hydrogen-bond acceptors (Lipinski definition) is 2. The highest BCUT2D eigenvalue weighted by Gasteiger charge is 2.25. The van der Waals surface area contributed by atoms with Crippen molar-refractivity contribution in [3.8, 4) is 0 Å². The van der Waals surface area contributed by atoms with Crippen molar-refractivity contribution in [1.82, 2.24) is 0 Å². The summed E-state index contributed by atoms with van der Waals surface area (Å²) in [6.07, 6.45) is 0. The Kier molecular flexibility index (Phi) is 4.92. The van der Waals surface area contributed by atoms with E-state index in [2.05, 4.69) is 15.9 Å². The predicted molar refractivity (Wildman–Crippen MR) is 103 cm³/mol. The second kappa shape index (κ2) is 6.95. The van der Waals surface area contributed by atoms with Crippen LogP contribution in [0.5, 0.6) is 0 Å². The minimum Gasteiger partial charge on any atom is -0.265 e. The second-order valence-electron chi connectivity index (χ2n) is 5.58. The predicted octanol–water partition coefficient (Wildman–Crippen LogP) is 4.74. The van der Waals surface area contributed by atoms with Gasteiger partial charge in [0.05, 0.1) is 10.6 Å². The molecule has 0 aliphatic rings. The lowest BCUT2D eigenvalue weighted by atomic mass is 10.1. The molecular weight excluding hydrogens is 386 g/mol. The average molecular weight is 404 g/mol. The highest BCUT2D eigenvalue weighted by Crippen LogP contribution is 2.31. The molecule has 0 fully saturated rings. The van der Waals surface area contributed by atoms with Crippen molar-refractivity contribution < 1.29 is 8.42 Å². The Labute approximate surface area is 151 Å². The smallest absolute Gasteiger partial charge is 0.264 e. The van der Waals surface area contributed by atoms with Crippen LogP contribution in [0, 0.1) is 6.92 Å². The molecule has 0 unspecified atom stereocenters. The van der Waals surface area contributed by atoms with Crippen molar-refractivity contribution in [1.29, 1.82) is 0 Å². The van der Waals surface area contributed by atoms with Gasteiger partial charge in [0, 0.05) is 17.3 Å². The largest absolute Gasteiger partial charge is 0.265 e. The Morgan fingerprint density at radius 1 is 0.917 bits per heavy atom. The van der Waals surface area contributed by atoms with Gasteiger partial charge in [-0.1, -0.05) is 70.0 Å². The molecule has 0 saturated heterocycles. The summed E-state index contributed by atoms with van der Waals surface area (Å²) >= 11 is 3.38. The molecule has 0 atom stereocenters. The molecule has 3 aromatic rings. The molecule has 0 heterocycles. The van der Waals surface area contributed by atoms with Gasteiger partial charge in [-0.2, -0.15) is 0 Å². The number of hydrogen-bond donors (Lipinski definition) is 0. The summed E-state index contributed by atoms with van der Waals surface area (Å²) in [5.74, 6) is 0. The van der Waals surface area contributed by atoms with E-state index in [0.717, 1.165) is 16.3 Å². The van der Waals surface area contributed by atoms with Crippen LogP contribution in [0.2, 0.25) is 0 Å². The summed E-state index contributed by atoms with van der Waals surface area (Å²) in [6, 6.07) is 20.5. The van der Waals surface area contributed by atoms with E-state index in [4.69, 9.17) is 0 Å². The minimum absolute atomic E-state index is 0.307. The summed E-state index contributed by atoms with van der Waals surface area (Å²) in [5.41, 5.74) is 1.74. The fourth-order valence-electron chi connectivity index (χ4n) is 2.71. The van der Waals surface area contributed by atoms with E-state index in [1.165, 1.54) is 4.31 Å². The topological polar surface area (TPSA) is 37.4 Å². The van der Waals surface area contributed by atoms with Crippen LogP contribution >= 0.6 is 15.9 Å². The molecule has 0 aliphatic carbocycles. The normalized spacial score (nSPS) is 11.6. The fourth-order valence-corrected chi connectivity index (χ4v) is 4.78. The van der Waals surface area contributed by atoms with Crippen molar-refractivity contribution in [3.63, 3.8) is 0 Å². The highest BCUT2D eigenvalue weighted by atomic mass is 79.9. The third kappa shape index (κ3) is 3.19. The number of benzene rings is 3. The maximum absolute atomic E-state index is 13.2. The maximum atomic E-state index is 13.2. The second-order valence-corrected chi connectivity index (χ2v) is 8.23. The molecule has 124 valence electrons. The summed E-state index contributed by atoms with van der Waals surface area (Å²) < 4.78 is 27.8. The first-order valence-corrected chi connectivity index (χ1v) is 10.2. The fraction of sp³-hybridized carbons (Fsp3) is 0.158. The van der Waals surface area contributed by atoms with Crippen LogP contribution in [0.1, 0.15) is 5.56 Å². The van der Waals surface area contributed by atoms with Crippen molar-refractivity contribution in [2.75, 3.05) is 16.2 Å². The number of alkyl halides is 1. The molecule has 0 aliphatic heterocycles. The SMILES string of the molecule is Cc1ccc(S(=O)(=O)N(CCBr)c2cccc3ccccc23)cc1. The number of anilines is 1. The highest BCUT2D eigenvalue weighted by molar-refractivity contribution is 9.09. The Bertz CT molecular complexity index is 947. The number of nitrogens with zero attached hydrogens (tertiary/aromatic N) is 1. The van der Waals surface area contributed by atoms with Crippen molar-refractivity contribution >= 4 is 42.4 Å². The monoisotopic (exact) mass is 403 g/mol. The number of fused-ring (bicyclic) bond motifs is 1. The van der Waals surface area contributed by atoms with Gasteiger partial charge in [0.1, 0.15) is 0 Å². The summed E-state index contributed by atoms with van der Waals surface area (Å²) in [4.78, 5) is 0.307. The molecule has 24 heavy (non-hydrogen) atoms. The molecule has 0 N–H and O–H groups in total. The number of aryl methyl sites for hydroxylation is 1. The van der Waals surface area contributed by atoms with Gasteiger partial charge >= 0.3 is 0 Å². The zero-order valence-corrected chi connectivity index (χ0v) is 15.7. The third-order valence-electron chi connectivity index (χ3n) is 3.93. The molecule has 0 saturated carbocycles. The van der Waals surface area contributed by atoms with Crippen LogP contribution in [0.3, 0.4) is 0 Å². The molecule has 3 aromatic carbocycles. The molecule has 0 aromatic heterocycles. The van der Waals surface area contributed by atoms with Gasteiger partial charge in [0.15, 0.2) is 0 Å². The Morgan fingerprint density at radius 3 is 2.29 bits per heavy atom. The molecule has 0 radical (unpaired) electrons. The van der Waals surface area contributed by atoms with Gasteiger partial charge in [-0.05, 0) is 30.5 Å².